The maximum Gasteiger partial charge on any atom is 0.344 e. The first-order valence-corrected chi connectivity index (χ1v) is 12.3. The first kappa shape index (κ1) is 22.9. The normalized spacial score (nSPS) is 12.9. The van der Waals surface area contributed by atoms with Crippen LogP contribution in [0.2, 0.25) is 0 Å². The highest BCUT2D eigenvalue weighted by Gasteiger charge is 2.22. The van der Waals surface area contributed by atoms with Crippen LogP contribution in [-0.4, -0.2) is 30.3 Å². The summed E-state index contributed by atoms with van der Waals surface area (Å²) in [6.45, 7) is 2.74. The van der Waals surface area contributed by atoms with E-state index < -0.39 is 12.1 Å². The molecule has 1 atom stereocenters. The zero-order valence-electron chi connectivity index (χ0n) is 19.3. The van der Waals surface area contributed by atoms with Gasteiger partial charge in [0.05, 0.1) is 17.9 Å². The molecule has 176 valence electrons. The molecule has 4 aromatic carbocycles. The number of hydrogen-bond donors (Lipinski definition) is 1. The van der Waals surface area contributed by atoms with E-state index in [1.54, 1.807) is 23.9 Å². The van der Waals surface area contributed by atoms with Gasteiger partial charge in [-0.05, 0) is 55.0 Å². The van der Waals surface area contributed by atoms with Gasteiger partial charge in [0.25, 0.3) is 0 Å². The summed E-state index contributed by atoms with van der Waals surface area (Å²) >= 11 is 1.80. The van der Waals surface area contributed by atoms with Crippen molar-refractivity contribution in [1.29, 1.82) is 0 Å². The topological polar surface area (TPSA) is 59.0 Å². The van der Waals surface area contributed by atoms with Gasteiger partial charge in [-0.15, -0.1) is 0 Å². The lowest BCUT2D eigenvalue weighted by molar-refractivity contribution is -0.144. The van der Waals surface area contributed by atoms with Crippen molar-refractivity contribution in [2.24, 2.45) is 0 Å². The quantitative estimate of drug-likeness (QED) is 0.295. The van der Waals surface area contributed by atoms with Crippen molar-refractivity contribution in [3.8, 4) is 22.6 Å². The van der Waals surface area contributed by atoms with Gasteiger partial charge in [0.15, 0.2) is 6.10 Å². The maximum atomic E-state index is 11.0. The highest BCUT2D eigenvalue weighted by molar-refractivity contribution is 7.99. The molecule has 1 aliphatic heterocycles. The number of aliphatic carboxylic acids is 1. The molecule has 1 N–H and O–H groups in total. The molecular weight excluding hydrogens is 458 g/mol. The van der Waals surface area contributed by atoms with Gasteiger partial charge in [0.2, 0.25) is 0 Å². The van der Waals surface area contributed by atoms with Crippen LogP contribution in [-0.2, 0) is 4.79 Å². The van der Waals surface area contributed by atoms with E-state index in [0.29, 0.717) is 18.9 Å². The van der Waals surface area contributed by atoms with Crippen molar-refractivity contribution in [1.82, 2.24) is 0 Å². The van der Waals surface area contributed by atoms with Crippen molar-refractivity contribution in [3.05, 3.63) is 97.1 Å². The third kappa shape index (κ3) is 4.98. The number of carbonyl (C=O) groups is 1. The number of rotatable bonds is 8. The smallest absolute Gasteiger partial charge is 0.344 e. The Bertz CT molecular complexity index is 1290. The van der Waals surface area contributed by atoms with Crippen LogP contribution < -0.4 is 14.4 Å². The summed E-state index contributed by atoms with van der Waals surface area (Å²) in [5, 5.41) is 9.05. The number of anilines is 2. The third-order valence-corrected chi connectivity index (χ3v) is 6.95. The van der Waals surface area contributed by atoms with E-state index in [0.717, 1.165) is 16.9 Å². The third-order valence-electron chi connectivity index (χ3n) is 5.82. The van der Waals surface area contributed by atoms with Crippen molar-refractivity contribution >= 4 is 29.1 Å². The minimum Gasteiger partial charge on any atom is -0.491 e. The Labute approximate surface area is 208 Å². The molecule has 0 fully saturated rings. The molecule has 0 amide bonds. The Morgan fingerprint density at radius 3 is 2.11 bits per heavy atom. The van der Waals surface area contributed by atoms with Crippen LogP contribution in [0.4, 0.5) is 11.4 Å². The number of ether oxygens (including phenoxy) is 2. The van der Waals surface area contributed by atoms with Gasteiger partial charge in [0, 0.05) is 15.4 Å². The van der Waals surface area contributed by atoms with E-state index in [-0.39, 0.29) is 0 Å². The molecule has 0 saturated carbocycles. The maximum absolute atomic E-state index is 11.0. The molecule has 6 heteroatoms. The number of fused-ring (bicyclic) bond motifs is 2. The van der Waals surface area contributed by atoms with Crippen molar-refractivity contribution in [2.45, 2.75) is 22.8 Å². The molecule has 4 aromatic rings. The van der Waals surface area contributed by atoms with E-state index in [2.05, 4.69) is 53.4 Å². The highest BCUT2D eigenvalue weighted by atomic mass is 32.2. The molecule has 5 nitrogen and oxygen atoms in total. The Hall–Kier alpha value is -3.90. The van der Waals surface area contributed by atoms with Crippen molar-refractivity contribution < 1.29 is 19.4 Å². The van der Waals surface area contributed by atoms with E-state index >= 15 is 0 Å². The number of benzene rings is 4. The Morgan fingerprint density at radius 1 is 0.857 bits per heavy atom. The lowest BCUT2D eigenvalue weighted by Crippen LogP contribution is -2.26. The van der Waals surface area contributed by atoms with E-state index in [1.807, 2.05) is 36.4 Å². The zero-order chi connectivity index (χ0) is 24.2. The van der Waals surface area contributed by atoms with Gasteiger partial charge in [0.1, 0.15) is 18.1 Å². The first-order chi connectivity index (χ1) is 17.1. The fraction of sp³-hybridized carbons (Fsp3) is 0.138. The monoisotopic (exact) mass is 483 g/mol. The lowest BCUT2D eigenvalue weighted by Gasteiger charge is -2.32. The average molecular weight is 484 g/mol. The summed E-state index contributed by atoms with van der Waals surface area (Å²) in [5.74, 6) is 0.320. The van der Waals surface area contributed by atoms with Crippen LogP contribution >= 0.6 is 11.8 Å². The summed E-state index contributed by atoms with van der Waals surface area (Å²) in [6, 6.07) is 32.2. The van der Waals surface area contributed by atoms with Gasteiger partial charge >= 0.3 is 5.97 Å². The van der Waals surface area contributed by atoms with E-state index in [1.165, 1.54) is 28.1 Å². The Morgan fingerprint density at radius 2 is 1.46 bits per heavy atom. The fourth-order valence-electron chi connectivity index (χ4n) is 4.07. The molecule has 1 aliphatic rings. The molecule has 1 heterocycles. The molecular formula is C29H25NO4S. The van der Waals surface area contributed by atoms with Crippen LogP contribution in [0.5, 0.6) is 11.5 Å². The number of nitrogens with zero attached hydrogens (tertiary/aromatic N) is 1. The second-order valence-electron chi connectivity index (χ2n) is 8.16. The summed E-state index contributed by atoms with van der Waals surface area (Å²) in [4.78, 5) is 15.8. The molecule has 1 unspecified atom stereocenters. The predicted molar refractivity (Wildman–Crippen MR) is 139 cm³/mol. The summed E-state index contributed by atoms with van der Waals surface area (Å²) in [6.07, 6.45) is -0.903. The zero-order valence-corrected chi connectivity index (χ0v) is 20.1. The van der Waals surface area contributed by atoms with Crippen molar-refractivity contribution in [3.63, 3.8) is 0 Å². The van der Waals surface area contributed by atoms with E-state index in [4.69, 9.17) is 14.6 Å². The standard InChI is InChI=1S/C29H25NO4S/c1-20(29(31)32)34-22-16-14-21(15-17-22)23-8-2-5-11-26(23)33-19-18-30-24-9-3-6-12-27(24)35-28-13-7-4-10-25(28)30/h2-17,20H,18-19H2,1H3,(H,31,32). The molecule has 35 heavy (non-hydrogen) atoms. The van der Waals surface area contributed by atoms with Crippen LogP contribution in [0.15, 0.2) is 107 Å². The minimum absolute atomic E-state index is 0.516. The number of hydrogen-bond acceptors (Lipinski definition) is 5. The van der Waals surface area contributed by atoms with Gasteiger partial charge in [-0.1, -0.05) is 66.4 Å². The molecule has 0 aliphatic carbocycles. The summed E-state index contributed by atoms with van der Waals surface area (Å²) in [7, 11) is 0. The highest BCUT2D eigenvalue weighted by Crippen LogP contribution is 2.47. The van der Waals surface area contributed by atoms with Gasteiger partial charge in [-0.3, -0.25) is 0 Å². The van der Waals surface area contributed by atoms with Crippen LogP contribution in [0.25, 0.3) is 11.1 Å². The minimum atomic E-state index is -0.995. The van der Waals surface area contributed by atoms with Gasteiger partial charge in [-0.2, -0.15) is 0 Å². The molecule has 0 bridgehead atoms. The number of carboxylic acid groups (broad SMARTS) is 1. The summed E-state index contributed by atoms with van der Waals surface area (Å²) in [5.41, 5.74) is 4.33. The first-order valence-electron chi connectivity index (χ1n) is 11.5. The van der Waals surface area contributed by atoms with Crippen molar-refractivity contribution in [2.75, 3.05) is 18.1 Å². The lowest BCUT2D eigenvalue weighted by atomic mass is 10.0. The Balaban J connectivity index is 1.32. The molecule has 0 aromatic heterocycles. The molecule has 5 rings (SSSR count). The van der Waals surface area contributed by atoms with Crippen LogP contribution in [0, 0.1) is 0 Å². The molecule has 0 spiro atoms. The Kier molecular flexibility index (Phi) is 6.64. The number of carboxylic acids is 1. The van der Waals surface area contributed by atoms with Crippen LogP contribution in [0.1, 0.15) is 6.92 Å². The molecule has 0 saturated heterocycles. The predicted octanol–water partition coefficient (Wildman–Crippen LogP) is 6.89. The van der Waals surface area contributed by atoms with Crippen LogP contribution in [0.3, 0.4) is 0 Å². The average Bonchev–Trinajstić information content (AvgIpc) is 2.89. The second kappa shape index (κ2) is 10.2. The van der Waals surface area contributed by atoms with Gasteiger partial charge < -0.3 is 19.5 Å². The second-order valence-corrected chi connectivity index (χ2v) is 9.24. The van der Waals surface area contributed by atoms with E-state index in [9.17, 15) is 4.79 Å². The fourth-order valence-corrected chi connectivity index (χ4v) is 5.16. The molecule has 0 radical (unpaired) electrons. The summed E-state index contributed by atoms with van der Waals surface area (Å²) < 4.78 is 11.7. The number of para-hydroxylation sites is 3. The SMILES string of the molecule is CC(Oc1ccc(-c2ccccc2OCCN2c3ccccc3Sc3ccccc32)cc1)C(=O)O. The van der Waals surface area contributed by atoms with Gasteiger partial charge in [-0.25, -0.2) is 4.79 Å². The largest absolute Gasteiger partial charge is 0.491 e.